The summed E-state index contributed by atoms with van der Waals surface area (Å²) < 4.78 is 0. The van der Waals surface area contributed by atoms with Gasteiger partial charge in [0.05, 0.1) is 0 Å². The molecular formula is C6H9Cl. The number of halogens is 1. The molecule has 40 valence electrons. The van der Waals surface area contributed by atoms with Gasteiger partial charge in [0.2, 0.25) is 0 Å². The molecule has 0 bridgehead atoms. The first-order chi connectivity index (χ1) is 3.27. The molecule has 0 amide bonds. The van der Waals surface area contributed by atoms with Crippen LogP contribution in [0.3, 0.4) is 0 Å². The molecule has 0 saturated carbocycles. The molecule has 0 nitrogen and oxygen atoms in total. The van der Waals surface area contributed by atoms with Gasteiger partial charge in [-0.05, 0) is 13.3 Å². The van der Waals surface area contributed by atoms with Crippen LogP contribution in [0.1, 0.15) is 13.3 Å². The van der Waals surface area contributed by atoms with Crippen LogP contribution in [0.25, 0.3) is 0 Å². The molecule has 0 saturated heterocycles. The van der Waals surface area contributed by atoms with Crippen LogP contribution < -0.4 is 0 Å². The van der Waals surface area contributed by atoms with E-state index in [-0.39, 0.29) is 0 Å². The first kappa shape index (κ1) is 6.77. The Kier molecular flexibility index (Phi) is 3.81. The molecule has 0 aromatic heterocycles. The summed E-state index contributed by atoms with van der Waals surface area (Å²) in [4.78, 5) is 0. The van der Waals surface area contributed by atoms with Gasteiger partial charge >= 0.3 is 0 Å². The number of allylic oxidation sites excluding steroid dienone is 2. The monoisotopic (exact) mass is 116 g/mol. The molecule has 0 spiro atoms. The summed E-state index contributed by atoms with van der Waals surface area (Å²) >= 11 is 5.22. The summed E-state index contributed by atoms with van der Waals surface area (Å²) in [5.41, 5.74) is 2.64. The van der Waals surface area contributed by atoms with E-state index in [0.29, 0.717) is 0 Å². The van der Waals surface area contributed by atoms with E-state index in [1.165, 1.54) is 5.54 Å². The van der Waals surface area contributed by atoms with Crippen LogP contribution in [0.5, 0.6) is 0 Å². The molecule has 0 aromatic carbocycles. The van der Waals surface area contributed by atoms with Gasteiger partial charge in [0.1, 0.15) is 0 Å². The molecule has 0 N–H and O–H groups in total. The summed E-state index contributed by atoms with van der Waals surface area (Å²) in [5.74, 6) is 0. The molecule has 0 fully saturated rings. The summed E-state index contributed by atoms with van der Waals surface area (Å²) in [6, 6.07) is 0. The quantitative estimate of drug-likeness (QED) is 0.487. The third-order valence-electron chi connectivity index (χ3n) is 0.555. The molecule has 1 heteroatoms. The van der Waals surface area contributed by atoms with Crippen molar-refractivity contribution in [1.82, 2.24) is 0 Å². The lowest BCUT2D eigenvalue weighted by atomic mass is 10.2. The fourth-order valence-corrected chi connectivity index (χ4v) is 0.335. The molecule has 0 aliphatic carbocycles. The average molecular weight is 117 g/mol. The summed E-state index contributed by atoms with van der Waals surface area (Å²) in [5, 5.41) is 0. The van der Waals surface area contributed by atoms with E-state index in [1.54, 1.807) is 0 Å². The van der Waals surface area contributed by atoms with Crippen molar-refractivity contribution >= 4 is 11.6 Å². The van der Waals surface area contributed by atoms with Crippen molar-refractivity contribution in [3.63, 3.8) is 0 Å². The van der Waals surface area contributed by atoms with Gasteiger partial charge in [0.25, 0.3) is 0 Å². The van der Waals surface area contributed by atoms with Gasteiger partial charge in [-0.3, -0.25) is 0 Å². The zero-order valence-electron chi connectivity index (χ0n) is 4.45. The van der Waals surface area contributed by atoms with E-state index < -0.39 is 0 Å². The van der Waals surface area contributed by atoms with Crippen LogP contribution in [-0.4, -0.2) is 0 Å². The number of hydrogen-bond acceptors (Lipinski definition) is 0. The first-order valence-electron chi connectivity index (χ1n) is 2.17. The smallest absolute Gasteiger partial charge is 0.000567 e. The maximum absolute atomic E-state index is 5.22. The fourth-order valence-electron chi connectivity index (χ4n) is 0.246. The Labute approximate surface area is 49.5 Å². The predicted molar refractivity (Wildman–Crippen MR) is 34.4 cm³/mol. The van der Waals surface area contributed by atoms with Gasteiger partial charge in [0, 0.05) is 5.54 Å². The van der Waals surface area contributed by atoms with Crippen LogP contribution in [0.15, 0.2) is 23.8 Å². The Morgan fingerprint density at radius 2 is 2.43 bits per heavy atom. The molecule has 0 unspecified atom stereocenters. The summed E-state index contributed by atoms with van der Waals surface area (Å²) in [6.07, 6.45) is 2.76. The Morgan fingerprint density at radius 3 is 2.57 bits per heavy atom. The highest BCUT2D eigenvalue weighted by molar-refractivity contribution is 6.25. The van der Waals surface area contributed by atoms with Crippen molar-refractivity contribution in [2.75, 3.05) is 0 Å². The lowest BCUT2D eigenvalue weighted by Gasteiger charge is -1.84. The largest absolute Gasteiger partial charge is 0.0998 e. The molecule has 0 aromatic rings. The Balaban J connectivity index is 3.14. The maximum atomic E-state index is 5.22. The lowest BCUT2D eigenvalue weighted by Crippen LogP contribution is -1.63. The topological polar surface area (TPSA) is 0 Å². The van der Waals surface area contributed by atoms with Crippen LogP contribution in [0.2, 0.25) is 0 Å². The summed E-state index contributed by atoms with van der Waals surface area (Å²) in [7, 11) is 0. The SMILES string of the molecule is C=C(C)C/C=C\Cl. The highest BCUT2D eigenvalue weighted by Gasteiger charge is 1.74. The van der Waals surface area contributed by atoms with Crippen LogP contribution in [0, 0.1) is 0 Å². The third kappa shape index (κ3) is 5.77. The van der Waals surface area contributed by atoms with Gasteiger partial charge in [-0.25, -0.2) is 0 Å². The highest BCUT2D eigenvalue weighted by atomic mass is 35.5. The van der Waals surface area contributed by atoms with Crippen molar-refractivity contribution in [2.45, 2.75) is 13.3 Å². The van der Waals surface area contributed by atoms with Crippen LogP contribution >= 0.6 is 11.6 Å². The molecule has 0 radical (unpaired) electrons. The standard InChI is InChI=1S/C6H9Cl/c1-6(2)4-3-5-7/h3,5H,1,4H2,2H3/b5-3-. The van der Waals surface area contributed by atoms with E-state index in [4.69, 9.17) is 11.6 Å². The predicted octanol–water partition coefficient (Wildman–Crippen LogP) is 2.71. The third-order valence-corrected chi connectivity index (χ3v) is 0.734. The number of rotatable bonds is 2. The zero-order valence-corrected chi connectivity index (χ0v) is 5.20. The second kappa shape index (κ2) is 3.94. The van der Waals surface area contributed by atoms with Gasteiger partial charge < -0.3 is 0 Å². The van der Waals surface area contributed by atoms with Crippen molar-refractivity contribution in [3.8, 4) is 0 Å². The molecule has 0 aliphatic rings. The van der Waals surface area contributed by atoms with Crippen LogP contribution in [-0.2, 0) is 0 Å². The minimum atomic E-state index is 0.892. The minimum absolute atomic E-state index is 0.892. The highest BCUT2D eigenvalue weighted by Crippen LogP contribution is 1.95. The van der Waals surface area contributed by atoms with Crippen molar-refractivity contribution in [3.05, 3.63) is 23.8 Å². The van der Waals surface area contributed by atoms with E-state index in [0.717, 1.165) is 12.0 Å². The Hall–Kier alpha value is -0.230. The van der Waals surface area contributed by atoms with Crippen molar-refractivity contribution < 1.29 is 0 Å². The summed E-state index contributed by atoms with van der Waals surface area (Å²) in [6.45, 7) is 5.65. The fraction of sp³-hybridized carbons (Fsp3) is 0.333. The number of hydrogen-bond donors (Lipinski definition) is 0. The molecule has 0 rings (SSSR count). The van der Waals surface area contributed by atoms with Crippen molar-refractivity contribution in [2.24, 2.45) is 0 Å². The van der Waals surface area contributed by atoms with E-state index in [1.807, 2.05) is 13.0 Å². The van der Waals surface area contributed by atoms with E-state index >= 15 is 0 Å². The van der Waals surface area contributed by atoms with Gasteiger partial charge in [-0.2, -0.15) is 0 Å². The van der Waals surface area contributed by atoms with Crippen LogP contribution in [0.4, 0.5) is 0 Å². The maximum Gasteiger partial charge on any atom is 0.000567 e. The Morgan fingerprint density at radius 1 is 1.86 bits per heavy atom. The average Bonchev–Trinajstić information content (AvgIpc) is 1.61. The van der Waals surface area contributed by atoms with Gasteiger partial charge in [-0.15, -0.1) is 0 Å². The minimum Gasteiger partial charge on any atom is -0.0998 e. The molecule has 7 heavy (non-hydrogen) atoms. The Bertz CT molecular complexity index is 82.2. The molecule has 0 heterocycles. The second-order valence-electron chi connectivity index (χ2n) is 1.52. The van der Waals surface area contributed by atoms with E-state index in [2.05, 4.69) is 6.58 Å². The lowest BCUT2D eigenvalue weighted by molar-refractivity contribution is 1.23. The molecule has 0 atom stereocenters. The first-order valence-corrected chi connectivity index (χ1v) is 2.60. The second-order valence-corrected chi connectivity index (χ2v) is 1.77. The van der Waals surface area contributed by atoms with Gasteiger partial charge in [0.15, 0.2) is 0 Å². The molecule has 0 aliphatic heterocycles. The molecular weight excluding hydrogens is 108 g/mol. The zero-order chi connectivity index (χ0) is 5.70. The van der Waals surface area contributed by atoms with Crippen molar-refractivity contribution in [1.29, 1.82) is 0 Å². The van der Waals surface area contributed by atoms with E-state index in [9.17, 15) is 0 Å². The van der Waals surface area contributed by atoms with Gasteiger partial charge in [-0.1, -0.05) is 29.8 Å². The normalized spacial score (nSPS) is 10.0.